The molecule has 0 unspecified atom stereocenters. The highest BCUT2D eigenvalue weighted by molar-refractivity contribution is 7.98. The number of benzene rings is 2. The fraction of sp³-hybridized carbons (Fsp3) is 0.385. The summed E-state index contributed by atoms with van der Waals surface area (Å²) in [5, 5.41) is 14.5. The molecular formula is C26H28F2N2O3S. The van der Waals surface area contributed by atoms with E-state index >= 15 is 0 Å². The Hall–Kier alpha value is -2.71. The molecule has 1 heterocycles. The van der Waals surface area contributed by atoms with Crippen LogP contribution in [0.25, 0.3) is 22.4 Å². The number of aromatic nitrogens is 2. The summed E-state index contributed by atoms with van der Waals surface area (Å²) in [6.07, 6.45) is 5.84. The number of aliphatic carboxylic acids is 1. The molecule has 5 nitrogen and oxygen atoms in total. The Bertz CT molecular complexity index is 1130. The van der Waals surface area contributed by atoms with E-state index < -0.39 is 17.6 Å². The van der Waals surface area contributed by atoms with Crippen LogP contribution in [0.1, 0.15) is 25.7 Å². The average Bonchev–Trinajstić information content (AvgIpc) is 3.20. The number of carbonyl (C=O) groups is 1. The summed E-state index contributed by atoms with van der Waals surface area (Å²) in [4.78, 5) is 10.6. The molecule has 0 amide bonds. The maximum Gasteiger partial charge on any atom is 0.329 e. The Morgan fingerprint density at radius 2 is 1.82 bits per heavy atom. The van der Waals surface area contributed by atoms with Crippen LogP contribution in [0, 0.1) is 23.5 Å². The van der Waals surface area contributed by atoms with E-state index in [0.29, 0.717) is 36.2 Å². The van der Waals surface area contributed by atoms with Crippen molar-refractivity contribution in [3.63, 3.8) is 0 Å². The summed E-state index contributed by atoms with van der Waals surface area (Å²) in [5.41, 5.74) is 2.33. The van der Waals surface area contributed by atoms with Crippen LogP contribution < -0.4 is 0 Å². The van der Waals surface area contributed by atoms with Gasteiger partial charge in [-0.15, -0.1) is 11.8 Å². The molecule has 1 N–H and O–H groups in total. The third-order valence-corrected chi connectivity index (χ3v) is 7.12. The van der Waals surface area contributed by atoms with Crippen molar-refractivity contribution in [1.82, 2.24) is 9.78 Å². The third kappa shape index (κ3) is 5.67. The van der Waals surface area contributed by atoms with E-state index in [-0.39, 0.29) is 12.2 Å². The predicted octanol–water partition coefficient (Wildman–Crippen LogP) is 6.12. The van der Waals surface area contributed by atoms with E-state index in [4.69, 9.17) is 14.9 Å². The van der Waals surface area contributed by atoms with E-state index in [1.54, 1.807) is 0 Å². The standard InChI is InChI=1S/C26H28F2N2O3S/c1-34-26-24(21-13-20(27)11-12-22(21)28)25(19-5-3-2-4-6-19)29-30(26)14-17-7-9-18(10-8-17)15-33-16-23(31)32/h2-6,11-13,17-18H,7-10,14-16H2,1H3,(H,31,32)/t17-,18-. The van der Waals surface area contributed by atoms with Crippen molar-refractivity contribution in [2.75, 3.05) is 19.5 Å². The fourth-order valence-corrected chi connectivity index (χ4v) is 5.38. The van der Waals surface area contributed by atoms with Gasteiger partial charge in [-0.05, 0) is 62.0 Å². The number of hydrogen-bond donors (Lipinski definition) is 1. The number of halogens is 2. The van der Waals surface area contributed by atoms with Crippen molar-refractivity contribution in [2.45, 2.75) is 37.3 Å². The number of carboxylic acids is 1. The molecule has 3 aromatic rings. The van der Waals surface area contributed by atoms with Crippen LogP contribution in [0.4, 0.5) is 8.78 Å². The van der Waals surface area contributed by atoms with Gasteiger partial charge in [-0.2, -0.15) is 5.10 Å². The molecule has 34 heavy (non-hydrogen) atoms. The zero-order valence-electron chi connectivity index (χ0n) is 19.0. The molecule has 8 heteroatoms. The third-order valence-electron chi connectivity index (χ3n) is 6.32. The van der Waals surface area contributed by atoms with Gasteiger partial charge in [0.1, 0.15) is 29.0 Å². The fourth-order valence-electron chi connectivity index (χ4n) is 4.65. The number of carboxylic acid groups (broad SMARTS) is 1. The quantitative estimate of drug-likeness (QED) is 0.369. The van der Waals surface area contributed by atoms with Gasteiger partial charge in [0, 0.05) is 23.2 Å². The highest BCUT2D eigenvalue weighted by atomic mass is 32.2. The molecule has 1 aromatic heterocycles. The lowest BCUT2D eigenvalue weighted by molar-refractivity contribution is -0.142. The average molecular weight is 487 g/mol. The van der Waals surface area contributed by atoms with Gasteiger partial charge in [0.15, 0.2) is 0 Å². The summed E-state index contributed by atoms with van der Waals surface area (Å²) in [5.74, 6) is -1.15. The van der Waals surface area contributed by atoms with Crippen molar-refractivity contribution >= 4 is 17.7 Å². The molecule has 1 fully saturated rings. The van der Waals surface area contributed by atoms with Gasteiger partial charge < -0.3 is 9.84 Å². The molecule has 0 atom stereocenters. The van der Waals surface area contributed by atoms with Crippen molar-refractivity contribution < 1.29 is 23.4 Å². The molecule has 1 aliphatic carbocycles. The lowest BCUT2D eigenvalue weighted by atomic mass is 9.82. The van der Waals surface area contributed by atoms with Crippen LogP contribution in [0.2, 0.25) is 0 Å². The van der Waals surface area contributed by atoms with Crippen LogP contribution in [0.3, 0.4) is 0 Å². The van der Waals surface area contributed by atoms with Gasteiger partial charge in [-0.1, -0.05) is 30.3 Å². The summed E-state index contributed by atoms with van der Waals surface area (Å²) in [6, 6.07) is 13.1. The van der Waals surface area contributed by atoms with Crippen molar-refractivity contribution in [3.05, 3.63) is 60.2 Å². The van der Waals surface area contributed by atoms with Crippen LogP contribution in [-0.4, -0.2) is 40.3 Å². The minimum absolute atomic E-state index is 0.216. The normalized spacial score (nSPS) is 18.2. The minimum Gasteiger partial charge on any atom is -0.480 e. The van der Waals surface area contributed by atoms with Crippen LogP contribution in [-0.2, 0) is 16.1 Å². The minimum atomic E-state index is -0.947. The molecule has 1 saturated carbocycles. The lowest BCUT2D eigenvalue weighted by Gasteiger charge is -2.28. The zero-order valence-corrected chi connectivity index (χ0v) is 19.9. The maximum atomic E-state index is 14.9. The number of rotatable bonds is 9. The predicted molar refractivity (Wildman–Crippen MR) is 129 cm³/mol. The summed E-state index contributed by atoms with van der Waals surface area (Å²) >= 11 is 1.49. The Kier molecular flexibility index (Phi) is 8.00. The van der Waals surface area contributed by atoms with E-state index in [0.717, 1.165) is 48.4 Å². The van der Waals surface area contributed by atoms with Gasteiger partial charge >= 0.3 is 5.97 Å². The molecule has 0 saturated heterocycles. The summed E-state index contributed by atoms with van der Waals surface area (Å²) < 4.78 is 36.2. The molecule has 1 aliphatic rings. The lowest BCUT2D eigenvalue weighted by Crippen LogP contribution is -2.23. The number of hydrogen-bond acceptors (Lipinski definition) is 4. The topological polar surface area (TPSA) is 64.4 Å². The highest BCUT2D eigenvalue weighted by Crippen LogP contribution is 2.41. The first kappa shape index (κ1) is 24.4. The molecule has 0 spiro atoms. The van der Waals surface area contributed by atoms with E-state index in [2.05, 4.69) is 0 Å². The number of ether oxygens (including phenoxy) is 1. The van der Waals surface area contributed by atoms with Gasteiger partial charge in [-0.25, -0.2) is 13.6 Å². The second-order valence-corrected chi connectivity index (χ2v) is 9.50. The van der Waals surface area contributed by atoms with Crippen molar-refractivity contribution in [3.8, 4) is 22.4 Å². The molecule has 0 radical (unpaired) electrons. The van der Waals surface area contributed by atoms with Crippen LogP contribution in [0.5, 0.6) is 0 Å². The first-order chi connectivity index (χ1) is 16.5. The largest absolute Gasteiger partial charge is 0.480 e. The van der Waals surface area contributed by atoms with Crippen molar-refractivity contribution in [1.29, 1.82) is 0 Å². The van der Waals surface area contributed by atoms with Crippen LogP contribution >= 0.6 is 11.8 Å². The monoisotopic (exact) mass is 486 g/mol. The SMILES string of the molecule is CSc1c(-c2cc(F)ccc2F)c(-c2ccccc2)nn1C[C@H]1CC[C@H](COCC(=O)O)CC1. The Morgan fingerprint density at radius 1 is 1.12 bits per heavy atom. The zero-order chi connectivity index (χ0) is 24.1. The molecule has 4 rings (SSSR count). The second kappa shape index (κ2) is 11.1. The highest BCUT2D eigenvalue weighted by Gasteiger charge is 2.27. The van der Waals surface area contributed by atoms with Gasteiger partial charge in [-0.3, -0.25) is 4.68 Å². The first-order valence-corrected chi connectivity index (χ1v) is 12.6. The van der Waals surface area contributed by atoms with E-state index in [9.17, 15) is 13.6 Å². The molecule has 0 aliphatic heterocycles. The van der Waals surface area contributed by atoms with Gasteiger partial charge in [0.2, 0.25) is 0 Å². The number of thioether (sulfide) groups is 1. The Labute approximate surface area is 202 Å². The summed E-state index contributed by atoms with van der Waals surface area (Å²) in [6.45, 7) is 0.902. The smallest absolute Gasteiger partial charge is 0.329 e. The molecule has 2 aromatic carbocycles. The molecule has 0 bridgehead atoms. The number of nitrogens with zero attached hydrogens (tertiary/aromatic N) is 2. The Balaban J connectivity index is 1.60. The van der Waals surface area contributed by atoms with Crippen LogP contribution in [0.15, 0.2) is 53.6 Å². The summed E-state index contributed by atoms with van der Waals surface area (Å²) in [7, 11) is 0. The van der Waals surface area contributed by atoms with E-state index in [1.807, 2.05) is 41.3 Å². The molecular weight excluding hydrogens is 458 g/mol. The van der Waals surface area contributed by atoms with Gasteiger partial charge in [0.25, 0.3) is 0 Å². The van der Waals surface area contributed by atoms with E-state index in [1.165, 1.54) is 17.8 Å². The Morgan fingerprint density at radius 3 is 2.50 bits per heavy atom. The van der Waals surface area contributed by atoms with Crippen molar-refractivity contribution in [2.24, 2.45) is 11.8 Å². The first-order valence-electron chi connectivity index (χ1n) is 11.4. The molecule has 180 valence electrons. The maximum absolute atomic E-state index is 14.9. The second-order valence-electron chi connectivity index (χ2n) is 8.70. The van der Waals surface area contributed by atoms with Gasteiger partial charge in [0.05, 0.1) is 6.61 Å².